The van der Waals surface area contributed by atoms with Crippen molar-refractivity contribution >= 4 is 55.7 Å². The minimum atomic E-state index is -6.41. The summed E-state index contributed by atoms with van der Waals surface area (Å²) in [6, 6.07) is 8.54. The van der Waals surface area contributed by atoms with Gasteiger partial charge < -0.3 is 38.7 Å². The van der Waals surface area contributed by atoms with Crippen molar-refractivity contribution in [1.29, 1.82) is 0 Å². The molecule has 3 aromatic rings. The van der Waals surface area contributed by atoms with E-state index in [2.05, 4.69) is 24.8 Å². The first-order chi connectivity index (χ1) is 22.0. The maximum absolute atomic E-state index is 14.2. The molecule has 2 saturated heterocycles. The molecule has 0 spiro atoms. The molecule has 0 saturated carbocycles. The molecule has 1 aromatic carbocycles. The lowest BCUT2D eigenvalue weighted by molar-refractivity contribution is -0.152. The van der Waals surface area contributed by atoms with Crippen LogP contribution in [0.1, 0.15) is 24.5 Å². The molecule has 14 nitrogen and oxygen atoms in total. The van der Waals surface area contributed by atoms with Crippen molar-refractivity contribution < 1.29 is 64.5 Å². The summed E-state index contributed by atoms with van der Waals surface area (Å²) < 4.78 is 114. The first-order valence-electron chi connectivity index (χ1n) is 13.6. The van der Waals surface area contributed by atoms with Gasteiger partial charge in [-0.3, -0.25) is 13.7 Å². The van der Waals surface area contributed by atoms with Crippen LogP contribution in [0.15, 0.2) is 41.8 Å². The summed E-state index contributed by atoms with van der Waals surface area (Å²) in [6.07, 6.45) is -8.10. The molecule has 4 heterocycles. The van der Waals surface area contributed by atoms with Gasteiger partial charge in [-0.05, 0) is 6.26 Å². The predicted molar refractivity (Wildman–Crippen MR) is 159 cm³/mol. The second-order valence-corrected chi connectivity index (χ2v) is 16.1. The van der Waals surface area contributed by atoms with Crippen LogP contribution in [0, 0.1) is 0 Å². The van der Waals surface area contributed by atoms with Gasteiger partial charge in [0.2, 0.25) is 0 Å². The molecule has 23 heteroatoms. The lowest BCUT2D eigenvalue weighted by Crippen LogP contribution is -2.32. The van der Waals surface area contributed by atoms with Crippen LogP contribution >= 0.6 is 38.7 Å². The summed E-state index contributed by atoms with van der Waals surface area (Å²) in [5, 5.41) is -2.32. The molecule has 6 atom stereocenters. The average Bonchev–Trinajstić information content (AvgIpc) is 3.70. The Morgan fingerprint density at radius 1 is 1.02 bits per heavy atom. The number of nitrogens with zero attached hydrogens (tertiary/aromatic N) is 4. The van der Waals surface area contributed by atoms with Gasteiger partial charge in [0, 0.05) is 23.6 Å². The first-order valence-corrected chi connectivity index (χ1v) is 19.2. The lowest BCUT2D eigenvalue weighted by atomic mass is 10.1. The standard InChI is InChI=1S/C24H28F5N5O9P2S2/c1-46-10-8-30-18-15-19(33-22(32-18)47-9-7-23(25,26)27)34(12-31-15)20-17-16(42-21(43-17)13-5-3-2-4-6-13)14(41-20)11-40-45(38,39)24(28,29)44(35,36)37/h2-6,12,14,16-17,20-21H,7-11H2,1H3,(H,38,39)(H,30,32,33)(H2,35,36,37). The monoisotopic (exact) mass is 751 g/mol. The molecule has 47 heavy (non-hydrogen) atoms. The molecule has 0 amide bonds. The van der Waals surface area contributed by atoms with Gasteiger partial charge in [0.15, 0.2) is 34.7 Å². The molecule has 5 rings (SSSR count). The highest BCUT2D eigenvalue weighted by Gasteiger charge is 2.65. The third-order valence-electron chi connectivity index (χ3n) is 6.91. The summed E-state index contributed by atoms with van der Waals surface area (Å²) in [5.74, 6) is 0.536. The zero-order valence-electron chi connectivity index (χ0n) is 24.1. The fraction of sp³-hybridized carbons (Fsp3) is 0.542. The average molecular weight is 752 g/mol. The SMILES string of the molecule is CSCCNc1nc(SCCC(F)(F)F)nc2c1ncn2C1OC(COP(=O)(O)C(F)(F)P(=O)(O)O)C2OC(c3ccccc3)OC21. The topological polar surface area (TPSA) is 187 Å². The van der Waals surface area contributed by atoms with Crippen molar-refractivity contribution in [3.8, 4) is 0 Å². The van der Waals surface area contributed by atoms with Gasteiger partial charge in [0.05, 0.1) is 19.4 Å². The number of anilines is 1. The fourth-order valence-corrected chi connectivity index (χ4v) is 7.80. The maximum Gasteiger partial charge on any atom is 0.443 e. The number of thioether (sulfide) groups is 2. The largest absolute Gasteiger partial charge is 0.443 e. The van der Waals surface area contributed by atoms with Gasteiger partial charge in [0.1, 0.15) is 18.3 Å². The highest BCUT2D eigenvalue weighted by molar-refractivity contribution is 7.99. The van der Waals surface area contributed by atoms with Crippen LogP contribution in [-0.4, -0.2) is 95.0 Å². The Hall–Kier alpha value is -1.90. The molecule has 0 radical (unpaired) electrons. The second-order valence-electron chi connectivity index (χ2n) is 10.2. The number of benzene rings is 1. The third-order valence-corrected chi connectivity index (χ3v) is 11.8. The van der Waals surface area contributed by atoms with E-state index in [9.17, 15) is 36.0 Å². The summed E-state index contributed by atoms with van der Waals surface area (Å²) in [6.45, 7) is -0.638. The number of imidazole rings is 1. The Bertz CT molecular complexity index is 1650. The van der Waals surface area contributed by atoms with E-state index in [-0.39, 0.29) is 27.9 Å². The van der Waals surface area contributed by atoms with E-state index in [0.717, 1.165) is 11.8 Å². The fourth-order valence-electron chi connectivity index (χ4n) is 4.68. The number of rotatable bonds is 14. The molecule has 4 N–H and O–H groups in total. The van der Waals surface area contributed by atoms with Crippen LogP contribution in [0.3, 0.4) is 0 Å². The Kier molecular flexibility index (Phi) is 11.0. The molecular weight excluding hydrogens is 723 g/mol. The van der Waals surface area contributed by atoms with E-state index in [0.29, 0.717) is 17.9 Å². The van der Waals surface area contributed by atoms with Crippen LogP contribution in [0.5, 0.6) is 0 Å². The highest BCUT2D eigenvalue weighted by atomic mass is 32.2. The predicted octanol–water partition coefficient (Wildman–Crippen LogP) is 4.96. The highest BCUT2D eigenvalue weighted by Crippen LogP contribution is 2.73. The lowest BCUT2D eigenvalue weighted by Gasteiger charge is -2.25. The van der Waals surface area contributed by atoms with E-state index in [1.165, 1.54) is 22.7 Å². The zero-order chi connectivity index (χ0) is 34.2. The van der Waals surface area contributed by atoms with Crippen molar-refractivity contribution in [2.75, 3.05) is 36.2 Å². The summed E-state index contributed by atoms with van der Waals surface area (Å²) in [4.78, 5) is 40.8. The van der Waals surface area contributed by atoms with Crippen LogP contribution in [0.2, 0.25) is 0 Å². The van der Waals surface area contributed by atoms with Crippen LogP contribution in [0.25, 0.3) is 11.2 Å². The number of halogens is 5. The van der Waals surface area contributed by atoms with Gasteiger partial charge >= 0.3 is 26.8 Å². The minimum absolute atomic E-state index is 0.00350. The quantitative estimate of drug-likeness (QED) is 0.0569. The molecule has 0 bridgehead atoms. The van der Waals surface area contributed by atoms with Crippen molar-refractivity contribution in [3.05, 3.63) is 42.2 Å². The van der Waals surface area contributed by atoms with Crippen LogP contribution in [-0.2, 0) is 27.9 Å². The van der Waals surface area contributed by atoms with E-state index >= 15 is 0 Å². The molecule has 2 aromatic heterocycles. The third kappa shape index (κ3) is 7.96. The minimum Gasteiger partial charge on any atom is -0.367 e. The van der Waals surface area contributed by atoms with Crippen LogP contribution < -0.4 is 5.32 Å². The van der Waals surface area contributed by atoms with E-state index in [1.54, 1.807) is 30.3 Å². The number of fused-ring (bicyclic) bond motifs is 2. The maximum atomic E-state index is 14.2. The molecule has 6 unspecified atom stereocenters. The van der Waals surface area contributed by atoms with Crippen molar-refractivity contribution in [2.24, 2.45) is 0 Å². The molecule has 2 aliphatic rings. The second kappa shape index (κ2) is 14.1. The molecule has 260 valence electrons. The summed E-state index contributed by atoms with van der Waals surface area (Å²) in [5.41, 5.74) is 0.896. The van der Waals surface area contributed by atoms with Crippen molar-refractivity contribution in [2.45, 2.75) is 54.0 Å². The Morgan fingerprint density at radius 3 is 2.38 bits per heavy atom. The number of hydrogen-bond acceptors (Lipinski definition) is 12. The Balaban J connectivity index is 1.48. The van der Waals surface area contributed by atoms with Crippen LogP contribution in [0.4, 0.5) is 27.8 Å². The Labute approximate surface area is 271 Å². The smallest absolute Gasteiger partial charge is 0.367 e. The van der Waals surface area contributed by atoms with Gasteiger partial charge in [-0.15, -0.1) is 0 Å². The Morgan fingerprint density at radius 2 is 1.72 bits per heavy atom. The summed E-state index contributed by atoms with van der Waals surface area (Å²) in [7, 11) is -12.7. The normalized spacial score (nSPS) is 24.8. The van der Waals surface area contributed by atoms with E-state index in [4.69, 9.17) is 24.0 Å². The van der Waals surface area contributed by atoms with Crippen molar-refractivity contribution in [3.63, 3.8) is 0 Å². The molecule has 2 aliphatic heterocycles. The van der Waals surface area contributed by atoms with E-state index < -0.39 is 70.6 Å². The van der Waals surface area contributed by atoms with Gasteiger partial charge in [-0.25, -0.2) is 15.0 Å². The van der Waals surface area contributed by atoms with Gasteiger partial charge in [-0.2, -0.15) is 33.7 Å². The summed E-state index contributed by atoms with van der Waals surface area (Å²) >= 11 is 2.30. The number of ether oxygens (including phenoxy) is 3. The molecular formula is C24H28F5N5O9P2S2. The first kappa shape index (κ1) is 36.4. The van der Waals surface area contributed by atoms with Gasteiger partial charge in [-0.1, -0.05) is 42.1 Å². The number of nitrogens with one attached hydrogen (secondary N) is 1. The molecule has 2 fully saturated rings. The van der Waals surface area contributed by atoms with Gasteiger partial charge in [0.25, 0.3) is 0 Å². The van der Waals surface area contributed by atoms with Crippen molar-refractivity contribution in [1.82, 2.24) is 19.5 Å². The zero-order valence-corrected chi connectivity index (χ0v) is 27.5. The van der Waals surface area contributed by atoms with E-state index in [1.807, 2.05) is 6.26 Å². The molecule has 0 aliphatic carbocycles. The number of aromatic nitrogens is 4. The number of hydrogen-bond donors (Lipinski definition) is 4. The number of alkyl halides is 5.